The maximum Gasteiger partial charge on any atom is 0.412 e. The number of amides is 10. The van der Waals surface area contributed by atoms with Crippen molar-refractivity contribution >= 4 is 65.4 Å². The Hall–Kier alpha value is -9.25. The number of aliphatic hydroxyl groups is 2. The molecule has 16 N–H and O–H groups in total. The summed E-state index contributed by atoms with van der Waals surface area (Å²) >= 11 is 0. The van der Waals surface area contributed by atoms with Crippen molar-refractivity contribution in [3.05, 3.63) is 83.4 Å². The van der Waals surface area contributed by atoms with E-state index in [4.69, 9.17) is 9.84 Å². The maximum atomic E-state index is 14.3. The second-order valence-electron chi connectivity index (χ2n) is 19.2. The number of imide groups is 1. The van der Waals surface area contributed by atoms with Crippen LogP contribution in [0.2, 0.25) is 0 Å². The minimum absolute atomic E-state index is 0.0228. The van der Waals surface area contributed by atoms with Crippen molar-refractivity contribution in [1.82, 2.24) is 47.9 Å². The molecule has 0 aliphatic carbocycles. The fourth-order valence-electron chi connectivity index (χ4n) is 7.77. The van der Waals surface area contributed by atoms with Crippen LogP contribution in [0.3, 0.4) is 0 Å². The molecule has 0 saturated carbocycles. The van der Waals surface area contributed by atoms with Crippen LogP contribution in [-0.2, 0) is 67.2 Å². The summed E-state index contributed by atoms with van der Waals surface area (Å²) in [4.78, 5) is 146. The van der Waals surface area contributed by atoms with E-state index < -0.39 is 139 Å². The van der Waals surface area contributed by atoms with Crippen molar-refractivity contribution < 1.29 is 98.0 Å². The van der Waals surface area contributed by atoms with Gasteiger partial charge < -0.3 is 87.8 Å². The Morgan fingerprint density at radius 3 is 1.37 bits per heavy atom. The van der Waals surface area contributed by atoms with Crippen molar-refractivity contribution in [3.8, 4) is 23.0 Å². The molecule has 0 heterocycles. The van der Waals surface area contributed by atoms with Crippen molar-refractivity contribution in [1.29, 1.82) is 0 Å². The number of ether oxygens (including phenoxy) is 2. The largest absolute Gasteiger partial charge is 0.508 e. The molecule has 8 atom stereocenters. The summed E-state index contributed by atoms with van der Waals surface area (Å²) in [6.45, 7) is 4.88. The monoisotopic (exact) mass is 1140 g/mol. The highest BCUT2D eigenvalue weighted by Gasteiger charge is 2.39. The topological polar surface area (TPSA) is 456 Å². The summed E-state index contributed by atoms with van der Waals surface area (Å²) in [6.07, 6.45) is -5.87. The van der Waals surface area contributed by atoms with E-state index in [0.29, 0.717) is 11.1 Å². The van der Waals surface area contributed by atoms with Gasteiger partial charge in [-0.05, 0) is 71.7 Å². The predicted molar refractivity (Wildman–Crippen MR) is 282 cm³/mol. The number of aromatic hydroxyl groups is 3. The number of hydrogen-bond acceptors (Lipinski definition) is 18. The Kier molecular flexibility index (Phi) is 26.1. The number of urea groups is 1. The fourth-order valence-corrected chi connectivity index (χ4v) is 7.77. The summed E-state index contributed by atoms with van der Waals surface area (Å²) in [5, 5.41) is 90.1. The van der Waals surface area contributed by atoms with Gasteiger partial charge in [-0.2, -0.15) is 0 Å². The molecule has 0 aromatic heterocycles. The van der Waals surface area contributed by atoms with Gasteiger partial charge in [-0.15, -0.1) is 0 Å². The molecule has 0 aliphatic heterocycles. The summed E-state index contributed by atoms with van der Waals surface area (Å²) in [5.74, 6) is -12.2. The third-order valence-corrected chi connectivity index (χ3v) is 11.8. The minimum atomic E-state index is -2.77. The summed E-state index contributed by atoms with van der Waals surface area (Å²) < 4.78 is 9.90. The fraction of sp³-hybridized carbons (Fsp3) is 0.442. The van der Waals surface area contributed by atoms with Crippen molar-refractivity contribution in [2.45, 2.75) is 108 Å². The van der Waals surface area contributed by atoms with E-state index in [-0.39, 0.29) is 60.2 Å². The lowest BCUT2D eigenvalue weighted by molar-refractivity contribution is -0.152. The number of nitrogens with one attached hydrogen (secondary N) is 9. The quantitative estimate of drug-likeness (QED) is 0.0318. The lowest BCUT2D eigenvalue weighted by atomic mass is 9.99. The molecular formula is C52H69N9O20. The molecule has 81 heavy (non-hydrogen) atoms. The average Bonchev–Trinajstić information content (AvgIpc) is 3.40. The van der Waals surface area contributed by atoms with Gasteiger partial charge in [0.05, 0.1) is 20.8 Å². The molecule has 29 nitrogen and oxygen atoms in total. The molecule has 3 aromatic carbocycles. The first kappa shape index (κ1) is 66.0. The van der Waals surface area contributed by atoms with Crippen LogP contribution in [0.1, 0.15) is 57.2 Å². The van der Waals surface area contributed by atoms with Crippen molar-refractivity contribution in [3.63, 3.8) is 0 Å². The number of phenols is 3. The van der Waals surface area contributed by atoms with Crippen LogP contribution >= 0.6 is 0 Å². The number of phenolic OH excluding ortho intramolecular Hbond substituents is 3. The standard InChI is InChI=1S/C52H69N9O20/c1-25(2)17-33(43(68)53-23-40(66)81-6)54-46(71)37(21-29-11-16-32(65)22-39(29)80-5)57-48(73)38(24-62)58-49(74)41(42(67)50(75)76)60-47(72)34(18-26(3)4)55-44(69)35(19-27-7-12-30(63)13-8-27)56-45(70)36(59-51(77)61-52(78)79)20-28-9-14-31(64)15-10-28/h7-16,22,25-26,33-38,41-42,62-65,67H,17-21,23-24H2,1-6H3,(H,53,68)(H,54,71)(H,55,69)(H,56,70)(H,57,73)(H,58,74)(H,60,72)(H,75,76)(H,78,79)(H2,59,61,77)/t33-,34-,35+,36-,37+,38-,41-,42+/m0/s1. The molecule has 0 bridgehead atoms. The third kappa shape index (κ3) is 22.2. The van der Waals surface area contributed by atoms with E-state index in [1.54, 1.807) is 33.0 Å². The molecule has 0 unspecified atom stereocenters. The molecule has 29 heteroatoms. The summed E-state index contributed by atoms with van der Waals surface area (Å²) in [5.41, 5.74) is 0.904. The molecular weight excluding hydrogens is 1070 g/mol. The molecule has 0 aliphatic rings. The molecule has 0 radical (unpaired) electrons. The highest BCUT2D eigenvalue weighted by molar-refractivity contribution is 6.00. The molecule has 442 valence electrons. The second-order valence-corrected chi connectivity index (χ2v) is 19.2. The Labute approximate surface area is 463 Å². The van der Waals surface area contributed by atoms with E-state index in [1.165, 1.54) is 73.8 Å². The Morgan fingerprint density at radius 2 is 0.926 bits per heavy atom. The van der Waals surface area contributed by atoms with E-state index in [2.05, 4.69) is 42.0 Å². The lowest BCUT2D eigenvalue weighted by Crippen LogP contribution is -2.63. The van der Waals surface area contributed by atoms with Gasteiger partial charge >= 0.3 is 24.1 Å². The minimum Gasteiger partial charge on any atom is -0.508 e. The average molecular weight is 1140 g/mol. The number of aliphatic carboxylic acids is 1. The van der Waals surface area contributed by atoms with Crippen LogP contribution < -0.4 is 52.6 Å². The highest BCUT2D eigenvalue weighted by atomic mass is 16.5. The van der Waals surface area contributed by atoms with Crippen LogP contribution in [0, 0.1) is 11.8 Å². The Balaban J connectivity index is 1.97. The van der Waals surface area contributed by atoms with Gasteiger partial charge in [-0.1, -0.05) is 58.0 Å². The van der Waals surface area contributed by atoms with Crippen LogP contribution in [0.25, 0.3) is 0 Å². The Morgan fingerprint density at radius 1 is 0.506 bits per heavy atom. The molecule has 3 rings (SSSR count). The molecule has 0 saturated heterocycles. The van der Waals surface area contributed by atoms with Gasteiger partial charge in [0.1, 0.15) is 71.8 Å². The lowest BCUT2D eigenvalue weighted by Gasteiger charge is -2.29. The molecule has 0 spiro atoms. The van der Waals surface area contributed by atoms with Crippen molar-refractivity contribution in [2.24, 2.45) is 11.8 Å². The van der Waals surface area contributed by atoms with Crippen molar-refractivity contribution in [2.75, 3.05) is 27.4 Å². The zero-order chi connectivity index (χ0) is 60.7. The molecule has 3 aromatic rings. The van der Waals surface area contributed by atoms with E-state index in [0.717, 1.165) is 7.11 Å². The van der Waals surface area contributed by atoms with Crippen LogP contribution in [0.15, 0.2) is 66.7 Å². The van der Waals surface area contributed by atoms with Gasteiger partial charge in [-0.25, -0.2) is 19.7 Å². The number of carboxylic acids is 1. The van der Waals surface area contributed by atoms with E-state index in [1.807, 2.05) is 5.32 Å². The first-order chi connectivity index (χ1) is 38.1. The highest BCUT2D eigenvalue weighted by Crippen LogP contribution is 2.25. The first-order valence-electron chi connectivity index (χ1n) is 25.0. The third-order valence-electron chi connectivity index (χ3n) is 11.8. The van der Waals surface area contributed by atoms with Gasteiger partial charge in [0.2, 0.25) is 41.4 Å². The normalized spacial score (nSPS) is 13.9. The number of carboxylic acid groups (broad SMARTS) is 2. The number of carbonyl (C=O) groups excluding carboxylic acids is 9. The number of benzene rings is 3. The van der Waals surface area contributed by atoms with Crippen LogP contribution in [0.5, 0.6) is 23.0 Å². The number of carbonyl (C=O) groups is 11. The summed E-state index contributed by atoms with van der Waals surface area (Å²) in [6, 6.07) is 0.692. The van der Waals surface area contributed by atoms with Gasteiger partial charge in [0, 0.05) is 25.3 Å². The molecule has 0 fully saturated rings. The second kappa shape index (κ2) is 32.0. The number of methoxy groups -OCH3 is 2. The van der Waals surface area contributed by atoms with Gasteiger partial charge in [0.25, 0.3) is 0 Å². The first-order valence-corrected chi connectivity index (χ1v) is 25.0. The van der Waals surface area contributed by atoms with Crippen LogP contribution in [0.4, 0.5) is 9.59 Å². The molecule has 10 amide bonds. The zero-order valence-electron chi connectivity index (χ0n) is 45.0. The summed E-state index contributed by atoms with van der Waals surface area (Å²) in [7, 11) is 2.34. The number of hydrogen-bond donors (Lipinski definition) is 16. The maximum absolute atomic E-state index is 14.3. The number of aliphatic hydroxyl groups excluding tert-OH is 2. The number of rotatable bonds is 30. The van der Waals surface area contributed by atoms with Gasteiger partial charge in [-0.3, -0.25) is 38.4 Å². The van der Waals surface area contributed by atoms with Crippen LogP contribution in [-0.4, -0.2) is 177 Å². The Bertz CT molecular complexity index is 2710. The SMILES string of the molecule is COC(=O)CNC(=O)[C@H](CC(C)C)NC(=O)[C@@H](Cc1ccc(O)cc1OC)NC(=O)[C@H](CO)NC(=O)[C@@H](NC(=O)[C@H](CC(C)C)NC(=O)[C@@H](Cc1ccc(O)cc1)NC(=O)[C@H](Cc1ccc(O)cc1)NC(=O)NC(=O)O)[C@@H](O)C(=O)O. The van der Waals surface area contributed by atoms with Gasteiger partial charge in [0.15, 0.2) is 6.10 Å². The zero-order valence-corrected chi connectivity index (χ0v) is 45.0. The predicted octanol–water partition coefficient (Wildman–Crippen LogP) is -2.09. The van der Waals surface area contributed by atoms with E-state index >= 15 is 0 Å². The smallest absolute Gasteiger partial charge is 0.412 e. The number of esters is 1. The van der Waals surface area contributed by atoms with E-state index in [9.17, 15) is 83.4 Å².